The van der Waals surface area contributed by atoms with E-state index in [1.165, 1.54) is 0 Å². The summed E-state index contributed by atoms with van der Waals surface area (Å²) in [5.41, 5.74) is 6.51. The van der Waals surface area contributed by atoms with Gasteiger partial charge in [0, 0.05) is 48.7 Å². The van der Waals surface area contributed by atoms with E-state index in [-0.39, 0.29) is 23.7 Å². The summed E-state index contributed by atoms with van der Waals surface area (Å²) in [7, 11) is 0. The fourth-order valence-corrected chi connectivity index (χ4v) is 4.29. The van der Waals surface area contributed by atoms with Crippen molar-refractivity contribution in [1.82, 2.24) is 9.88 Å². The molecule has 3 rings (SSSR count). The monoisotopic (exact) mass is 408 g/mol. The van der Waals surface area contributed by atoms with E-state index in [1.807, 2.05) is 11.1 Å². The van der Waals surface area contributed by atoms with Crippen LogP contribution in [0.15, 0.2) is 16.7 Å². The number of hydrogen-bond acceptors (Lipinski definition) is 4. The van der Waals surface area contributed by atoms with Gasteiger partial charge in [-0.25, -0.2) is 4.98 Å². The Balaban J connectivity index is 1.54. The molecule has 0 bridgehead atoms. The molecule has 6 nitrogen and oxygen atoms in total. The third kappa shape index (κ3) is 4.14. The maximum atomic E-state index is 12.8. The number of nitrogens with zero attached hydrogens (tertiary/aromatic N) is 3. The van der Waals surface area contributed by atoms with Gasteiger partial charge in [-0.05, 0) is 60.2 Å². The summed E-state index contributed by atoms with van der Waals surface area (Å²) in [4.78, 5) is 32.7. The number of carbonyl (C=O) groups is 2. The van der Waals surface area contributed by atoms with E-state index in [0.717, 1.165) is 41.8 Å². The molecule has 136 valence electrons. The second-order valence-electron chi connectivity index (χ2n) is 7.06. The number of primary amides is 1. The number of amides is 2. The van der Waals surface area contributed by atoms with Crippen molar-refractivity contribution in [2.75, 3.05) is 31.1 Å². The van der Waals surface area contributed by atoms with Crippen molar-refractivity contribution in [3.05, 3.63) is 22.3 Å². The molecular formula is C18H25BrN4O2. The molecular weight excluding hydrogens is 384 g/mol. The van der Waals surface area contributed by atoms with Gasteiger partial charge in [0.1, 0.15) is 5.82 Å². The molecule has 2 fully saturated rings. The Hall–Kier alpha value is -1.63. The third-order valence-electron chi connectivity index (χ3n) is 5.37. The number of pyridine rings is 1. The topological polar surface area (TPSA) is 79.5 Å². The number of halogens is 1. The van der Waals surface area contributed by atoms with Gasteiger partial charge in [0.05, 0.1) is 0 Å². The number of likely N-dealkylation sites (tertiary alicyclic amines) is 1. The fourth-order valence-electron chi connectivity index (χ4n) is 3.85. The molecule has 2 aliphatic rings. The molecule has 0 aliphatic carbocycles. The summed E-state index contributed by atoms with van der Waals surface area (Å²) in [5, 5.41) is 0. The molecule has 1 aromatic heterocycles. The van der Waals surface area contributed by atoms with E-state index >= 15 is 0 Å². The van der Waals surface area contributed by atoms with Gasteiger partial charge >= 0.3 is 0 Å². The summed E-state index contributed by atoms with van der Waals surface area (Å²) in [6.07, 6.45) is 4.92. The molecule has 0 radical (unpaired) electrons. The Morgan fingerprint density at radius 1 is 1.12 bits per heavy atom. The Kier molecular flexibility index (Phi) is 5.61. The van der Waals surface area contributed by atoms with Gasteiger partial charge in [-0.15, -0.1) is 0 Å². The van der Waals surface area contributed by atoms with Gasteiger partial charge in [0.25, 0.3) is 0 Å². The van der Waals surface area contributed by atoms with Crippen molar-refractivity contribution in [2.45, 2.75) is 32.6 Å². The number of rotatable bonds is 3. The SMILES string of the molecule is Cc1cc(Br)cnc1N1CCC(C(=O)N2CCC(C(N)=O)CC2)CC1. The maximum Gasteiger partial charge on any atom is 0.225 e. The minimum absolute atomic E-state index is 0.0719. The summed E-state index contributed by atoms with van der Waals surface area (Å²) in [6.45, 7) is 5.07. The summed E-state index contributed by atoms with van der Waals surface area (Å²) >= 11 is 3.45. The Labute approximate surface area is 156 Å². The molecule has 0 saturated carbocycles. The number of anilines is 1. The highest BCUT2D eigenvalue weighted by Crippen LogP contribution is 2.28. The molecule has 0 atom stereocenters. The van der Waals surface area contributed by atoms with Crippen LogP contribution >= 0.6 is 15.9 Å². The van der Waals surface area contributed by atoms with Crippen LogP contribution in [-0.4, -0.2) is 47.9 Å². The Morgan fingerprint density at radius 2 is 1.72 bits per heavy atom. The third-order valence-corrected chi connectivity index (χ3v) is 5.80. The van der Waals surface area contributed by atoms with E-state index < -0.39 is 0 Å². The first-order valence-electron chi connectivity index (χ1n) is 8.91. The molecule has 25 heavy (non-hydrogen) atoms. The zero-order chi connectivity index (χ0) is 18.0. The van der Waals surface area contributed by atoms with Crippen LogP contribution in [0.5, 0.6) is 0 Å². The fraction of sp³-hybridized carbons (Fsp3) is 0.611. The predicted molar refractivity (Wildman–Crippen MR) is 100 cm³/mol. The van der Waals surface area contributed by atoms with Gasteiger partial charge in [0.2, 0.25) is 11.8 Å². The van der Waals surface area contributed by atoms with Crippen molar-refractivity contribution in [3.8, 4) is 0 Å². The van der Waals surface area contributed by atoms with Crippen molar-refractivity contribution in [2.24, 2.45) is 17.6 Å². The molecule has 2 aliphatic heterocycles. The lowest BCUT2D eigenvalue weighted by atomic mass is 9.91. The summed E-state index contributed by atoms with van der Waals surface area (Å²) in [6, 6.07) is 2.07. The predicted octanol–water partition coefficient (Wildman–Crippen LogP) is 2.09. The summed E-state index contributed by atoms with van der Waals surface area (Å²) in [5.74, 6) is 1.02. The Morgan fingerprint density at radius 3 is 2.28 bits per heavy atom. The van der Waals surface area contributed by atoms with E-state index in [0.29, 0.717) is 25.9 Å². The molecule has 0 unspecified atom stereocenters. The van der Waals surface area contributed by atoms with E-state index in [9.17, 15) is 9.59 Å². The first-order chi connectivity index (χ1) is 12.0. The standard InChI is InChI=1S/C18H25BrN4O2/c1-12-10-15(19)11-21-17(12)22-6-4-14(5-7-22)18(25)23-8-2-13(3-9-23)16(20)24/h10-11,13-14H,2-9H2,1H3,(H2,20,24). The molecule has 7 heteroatoms. The smallest absolute Gasteiger partial charge is 0.225 e. The van der Waals surface area contributed by atoms with Crippen LogP contribution in [0.3, 0.4) is 0 Å². The van der Waals surface area contributed by atoms with Gasteiger partial charge in [-0.1, -0.05) is 0 Å². The molecule has 2 N–H and O–H groups in total. The average Bonchev–Trinajstić information content (AvgIpc) is 2.61. The molecule has 0 aromatic carbocycles. The largest absolute Gasteiger partial charge is 0.369 e. The first-order valence-corrected chi connectivity index (χ1v) is 9.70. The van der Waals surface area contributed by atoms with E-state index in [1.54, 1.807) is 0 Å². The van der Waals surface area contributed by atoms with Gasteiger partial charge in [0.15, 0.2) is 0 Å². The van der Waals surface area contributed by atoms with Crippen molar-refractivity contribution >= 4 is 33.6 Å². The number of aryl methyl sites for hydroxylation is 1. The van der Waals surface area contributed by atoms with Crippen molar-refractivity contribution < 1.29 is 9.59 Å². The van der Waals surface area contributed by atoms with Gasteiger partial charge in [-0.3, -0.25) is 9.59 Å². The quantitative estimate of drug-likeness (QED) is 0.829. The van der Waals surface area contributed by atoms with Gasteiger partial charge < -0.3 is 15.5 Å². The lowest BCUT2D eigenvalue weighted by Gasteiger charge is -2.37. The lowest BCUT2D eigenvalue weighted by Crippen LogP contribution is -2.47. The number of aromatic nitrogens is 1. The van der Waals surface area contributed by atoms with Crippen LogP contribution in [0, 0.1) is 18.8 Å². The molecule has 3 heterocycles. The first kappa shape index (κ1) is 18.2. The second kappa shape index (κ2) is 7.72. The normalized spacial score (nSPS) is 19.9. The number of nitrogens with two attached hydrogens (primary N) is 1. The van der Waals surface area contributed by atoms with Crippen molar-refractivity contribution in [1.29, 1.82) is 0 Å². The van der Waals surface area contributed by atoms with Crippen LogP contribution in [0.25, 0.3) is 0 Å². The molecule has 2 saturated heterocycles. The average molecular weight is 409 g/mol. The second-order valence-corrected chi connectivity index (χ2v) is 7.97. The highest BCUT2D eigenvalue weighted by Gasteiger charge is 2.32. The lowest BCUT2D eigenvalue weighted by molar-refractivity contribution is -0.139. The number of piperidine rings is 2. The van der Waals surface area contributed by atoms with E-state index in [4.69, 9.17) is 5.73 Å². The van der Waals surface area contributed by atoms with Crippen LogP contribution in [-0.2, 0) is 9.59 Å². The van der Waals surface area contributed by atoms with Crippen LogP contribution in [0.4, 0.5) is 5.82 Å². The molecule has 1 aromatic rings. The summed E-state index contributed by atoms with van der Waals surface area (Å²) < 4.78 is 0.984. The van der Waals surface area contributed by atoms with Crippen molar-refractivity contribution in [3.63, 3.8) is 0 Å². The highest BCUT2D eigenvalue weighted by molar-refractivity contribution is 9.10. The van der Waals surface area contributed by atoms with Crippen LogP contribution < -0.4 is 10.6 Å². The molecule has 2 amide bonds. The minimum atomic E-state index is -0.238. The zero-order valence-electron chi connectivity index (χ0n) is 14.6. The highest BCUT2D eigenvalue weighted by atomic mass is 79.9. The van der Waals surface area contributed by atoms with Crippen LogP contribution in [0.1, 0.15) is 31.2 Å². The molecule has 0 spiro atoms. The maximum absolute atomic E-state index is 12.8. The van der Waals surface area contributed by atoms with Gasteiger partial charge in [-0.2, -0.15) is 0 Å². The zero-order valence-corrected chi connectivity index (χ0v) is 16.2. The number of hydrogen-bond donors (Lipinski definition) is 1. The van der Waals surface area contributed by atoms with Crippen LogP contribution in [0.2, 0.25) is 0 Å². The minimum Gasteiger partial charge on any atom is -0.369 e. The number of carbonyl (C=O) groups excluding carboxylic acids is 2. The Bertz CT molecular complexity index is 650. The van der Waals surface area contributed by atoms with E-state index in [2.05, 4.69) is 38.8 Å².